The predicted molar refractivity (Wildman–Crippen MR) is 84.8 cm³/mol. The Balaban J connectivity index is 2.08. The molecule has 1 aromatic heterocycles. The number of fused-ring (bicyclic) bond motifs is 1. The first-order valence-corrected chi connectivity index (χ1v) is 7.92. The van der Waals surface area contributed by atoms with Crippen LogP contribution in [0.25, 0.3) is 10.1 Å². The SMILES string of the molecule is CNC(=O)c1sc2ccccc2c1[C@@H]1CCN(C(C)=O)C1. The highest BCUT2D eigenvalue weighted by Gasteiger charge is 2.31. The highest BCUT2D eigenvalue weighted by Crippen LogP contribution is 2.40. The molecule has 1 fully saturated rings. The van der Waals surface area contributed by atoms with Crippen molar-refractivity contribution in [1.29, 1.82) is 0 Å². The lowest BCUT2D eigenvalue weighted by molar-refractivity contribution is -0.127. The molecule has 1 N–H and O–H groups in total. The molecule has 5 heteroatoms. The van der Waals surface area contributed by atoms with Gasteiger partial charge in [-0.3, -0.25) is 9.59 Å². The molecule has 0 aliphatic carbocycles. The van der Waals surface area contributed by atoms with Crippen molar-refractivity contribution in [2.75, 3.05) is 20.1 Å². The fourth-order valence-corrected chi connectivity index (χ4v) is 4.27. The molecule has 0 spiro atoms. The second-order valence-electron chi connectivity index (χ2n) is 5.37. The van der Waals surface area contributed by atoms with E-state index in [4.69, 9.17) is 0 Å². The molecule has 1 saturated heterocycles. The minimum absolute atomic E-state index is 0.0347. The Morgan fingerprint density at radius 1 is 1.33 bits per heavy atom. The van der Waals surface area contributed by atoms with E-state index in [1.165, 1.54) is 11.3 Å². The third-order valence-corrected chi connectivity index (χ3v) is 5.29. The molecule has 1 atom stereocenters. The maximum absolute atomic E-state index is 12.2. The molecule has 2 aromatic rings. The molecule has 0 bridgehead atoms. The van der Waals surface area contributed by atoms with Crippen LogP contribution >= 0.6 is 11.3 Å². The predicted octanol–water partition coefficient (Wildman–Crippen LogP) is 2.60. The lowest BCUT2D eigenvalue weighted by atomic mass is 9.95. The van der Waals surface area contributed by atoms with Gasteiger partial charge in [0.05, 0.1) is 4.88 Å². The summed E-state index contributed by atoms with van der Waals surface area (Å²) >= 11 is 1.54. The van der Waals surface area contributed by atoms with Crippen LogP contribution in [-0.2, 0) is 4.79 Å². The van der Waals surface area contributed by atoms with Gasteiger partial charge in [-0.05, 0) is 23.4 Å². The molecule has 0 unspecified atom stereocenters. The molecular formula is C16H18N2O2S. The summed E-state index contributed by atoms with van der Waals surface area (Å²) in [7, 11) is 1.66. The highest BCUT2D eigenvalue weighted by molar-refractivity contribution is 7.21. The van der Waals surface area contributed by atoms with Gasteiger partial charge in [0.1, 0.15) is 0 Å². The molecule has 0 radical (unpaired) electrons. The van der Waals surface area contributed by atoms with Crippen molar-refractivity contribution < 1.29 is 9.59 Å². The molecule has 21 heavy (non-hydrogen) atoms. The summed E-state index contributed by atoms with van der Waals surface area (Å²) < 4.78 is 1.13. The van der Waals surface area contributed by atoms with E-state index in [9.17, 15) is 9.59 Å². The third-order valence-electron chi connectivity index (χ3n) is 4.11. The van der Waals surface area contributed by atoms with E-state index >= 15 is 0 Å². The average Bonchev–Trinajstić information content (AvgIpc) is 3.10. The van der Waals surface area contributed by atoms with Crippen LogP contribution in [0.4, 0.5) is 0 Å². The molecule has 110 valence electrons. The van der Waals surface area contributed by atoms with E-state index in [2.05, 4.69) is 11.4 Å². The second-order valence-corrected chi connectivity index (χ2v) is 6.42. The van der Waals surface area contributed by atoms with Crippen LogP contribution in [0.3, 0.4) is 0 Å². The molecule has 3 rings (SSSR count). The number of hydrogen-bond donors (Lipinski definition) is 1. The normalized spacial score (nSPS) is 18.2. The van der Waals surface area contributed by atoms with Crippen molar-refractivity contribution in [3.63, 3.8) is 0 Å². The van der Waals surface area contributed by atoms with Crippen LogP contribution in [0, 0.1) is 0 Å². The van der Waals surface area contributed by atoms with E-state index in [1.54, 1.807) is 14.0 Å². The zero-order valence-corrected chi connectivity index (χ0v) is 13.0. The number of benzene rings is 1. The van der Waals surface area contributed by atoms with Crippen LogP contribution in [0.5, 0.6) is 0 Å². The molecule has 0 saturated carbocycles. The zero-order valence-electron chi connectivity index (χ0n) is 12.2. The van der Waals surface area contributed by atoms with Gasteiger partial charge in [0.15, 0.2) is 0 Å². The molecule has 2 amide bonds. The molecule has 1 aliphatic heterocycles. The van der Waals surface area contributed by atoms with Crippen LogP contribution in [0.1, 0.15) is 34.5 Å². The van der Waals surface area contributed by atoms with Crippen LogP contribution < -0.4 is 5.32 Å². The zero-order chi connectivity index (χ0) is 15.0. The van der Waals surface area contributed by atoms with Crippen molar-refractivity contribution in [1.82, 2.24) is 10.2 Å². The number of carbonyl (C=O) groups is 2. The summed E-state index contributed by atoms with van der Waals surface area (Å²) in [4.78, 5) is 26.4. The first-order chi connectivity index (χ1) is 10.1. The minimum Gasteiger partial charge on any atom is -0.354 e. The van der Waals surface area contributed by atoms with Gasteiger partial charge in [0, 0.05) is 37.7 Å². The fourth-order valence-electron chi connectivity index (χ4n) is 3.03. The van der Waals surface area contributed by atoms with Gasteiger partial charge in [-0.2, -0.15) is 0 Å². The van der Waals surface area contributed by atoms with E-state index in [0.717, 1.165) is 33.5 Å². The molecular weight excluding hydrogens is 284 g/mol. The second kappa shape index (κ2) is 5.48. The number of nitrogens with one attached hydrogen (secondary N) is 1. The number of amides is 2. The van der Waals surface area contributed by atoms with Crippen molar-refractivity contribution >= 4 is 33.2 Å². The van der Waals surface area contributed by atoms with Crippen molar-refractivity contribution in [2.24, 2.45) is 0 Å². The Bertz CT molecular complexity index is 707. The van der Waals surface area contributed by atoms with E-state index in [1.807, 2.05) is 23.1 Å². The maximum Gasteiger partial charge on any atom is 0.261 e. The largest absolute Gasteiger partial charge is 0.354 e. The topological polar surface area (TPSA) is 49.4 Å². The first-order valence-electron chi connectivity index (χ1n) is 7.11. The lowest BCUT2D eigenvalue weighted by Gasteiger charge is -2.15. The fraction of sp³-hybridized carbons (Fsp3) is 0.375. The van der Waals surface area contributed by atoms with Crippen LogP contribution in [0.15, 0.2) is 24.3 Å². The Morgan fingerprint density at radius 3 is 2.76 bits per heavy atom. The summed E-state index contributed by atoms with van der Waals surface area (Å²) in [5.41, 5.74) is 1.11. The van der Waals surface area contributed by atoms with Crippen molar-refractivity contribution in [3.05, 3.63) is 34.7 Å². The van der Waals surface area contributed by atoms with Gasteiger partial charge in [-0.15, -0.1) is 11.3 Å². The Kier molecular flexibility index (Phi) is 3.68. The van der Waals surface area contributed by atoms with E-state index in [0.29, 0.717) is 6.54 Å². The van der Waals surface area contributed by atoms with E-state index in [-0.39, 0.29) is 17.7 Å². The summed E-state index contributed by atoms with van der Waals surface area (Å²) in [5, 5.41) is 3.88. The number of thiophene rings is 1. The van der Waals surface area contributed by atoms with Gasteiger partial charge in [0.25, 0.3) is 5.91 Å². The summed E-state index contributed by atoms with van der Waals surface area (Å²) in [6, 6.07) is 8.12. The Hall–Kier alpha value is -1.88. The average molecular weight is 302 g/mol. The summed E-state index contributed by atoms with van der Waals surface area (Å²) in [5.74, 6) is 0.323. The standard InChI is InChI=1S/C16H18N2O2S/c1-10(19)18-8-7-11(9-18)14-12-5-3-4-6-13(12)21-15(14)16(20)17-2/h3-6,11H,7-9H2,1-2H3,(H,17,20)/t11-/m1/s1. The van der Waals surface area contributed by atoms with Gasteiger partial charge >= 0.3 is 0 Å². The lowest BCUT2D eigenvalue weighted by Crippen LogP contribution is -2.26. The van der Waals surface area contributed by atoms with Crippen molar-refractivity contribution in [2.45, 2.75) is 19.3 Å². The molecule has 1 aliphatic rings. The van der Waals surface area contributed by atoms with Crippen LogP contribution in [0.2, 0.25) is 0 Å². The Labute approximate surface area is 127 Å². The van der Waals surface area contributed by atoms with Gasteiger partial charge in [-0.25, -0.2) is 0 Å². The molecule has 2 heterocycles. The van der Waals surface area contributed by atoms with Gasteiger partial charge in [0.2, 0.25) is 5.91 Å². The minimum atomic E-state index is -0.0347. The number of hydrogen-bond acceptors (Lipinski definition) is 3. The summed E-state index contributed by atoms with van der Waals surface area (Å²) in [6.07, 6.45) is 0.921. The maximum atomic E-state index is 12.2. The highest BCUT2D eigenvalue weighted by atomic mass is 32.1. The Morgan fingerprint density at radius 2 is 2.10 bits per heavy atom. The van der Waals surface area contributed by atoms with Crippen molar-refractivity contribution in [3.8, 4) is 0 Å². The van der Waals surface area contributed by atoms with Crippen LogP contribution in [-0.4, -0.2) is 36.9 Å². The monoisotopic (exact) mass is 302 g/mol. The number of rotatable bonds is 2. The number of likely N-dealkylation sites (tertiary alicyclic amines) is 1. The number of nitrogens with zero attached hydrogens (tertiary/aromatic N) is 1. The quantitative estimate of drug-likeness (QED) is 0.927. The van der Waals surface area contributed by atoms with Gasteiger partial charge < -0.3 is 10.2 Å². The van der Waals surface area contributed by atoms with E-state index < -0.39 is 0 Å². The van der Waals surface area contributed by atoms with Gasteiger partial charge in [-0.1, -0.05) is 18.2 Å². The molecule has 1 aromatic carbocycles. The molecule has 4 nitrogen and oxygen atoms in total. The third kappa shape index (κ3) is 2.42. The first kappa shape index (κ1) is 14.1. The smallest absolute Gasteiger partial charge is 0.261 e. The summed E-state index contributed by atoms with van der Waals surface area (Å²) in [6.45, 7) is 3.09. The number of carbonyl (C=O) groups excluding carboxylic acids is 2.